The second-order valence-corrected chi connectivity index (χ2v) is 24.9. The van der Waals surface area contributed by atoms with Gasteiger partial charge in [-0.15, -0.1) is 202 Å². The zero-order chi connectivity index (χ0) is 91.8. The first kappa shape index (κ1) is 130. The maximum absolute atomic E-state index is 12.1. The van der Waals surface area contributed by atoms with Gasteiger partial charge in [0.15, 0.2) is 11.8 Å². The maximum atomic E-state index is 12.1. The van der Waals surface area contributed by atoms with Crippen LogP contribution >= 0.6 is 0 Å². The van der Waals surface area contributed by atoms with E-state index in [1.165, 1.54) is 0 Å². The topological polar surface area (TPSA) is 460 Å². The van der Waals surface area contributed by atoms with Crippen molar-refractivity contribution < 1.29 is 213 Å². The molecule has 0 saturated carbocycles. The molecule has 6 aromatic rings. The first-order valence-electron chi connectivity index (χ1n) is 41.3. The first-order chi connectivity index (χ1) is 58.7. The average molecular weight is 2780 g/mol. The van der Waals surface area contributed by atoms with Crippen molar-refractivity contribution in [2.24, 2.45) is 0 Å². The molecule has 12 rings (SSSR count). The fourth-order valence-corrected chi connectivity index (χ4v) is 10.7. The molecule has 6 heterocycles. The molecular formula is C92H114N12O18W6-2. The zero-order valence-electron chi connectivity index (χ0n) is 74.9. The van der Waals surface area contributed by atoms with Gasteiger partial charge in [-0.3, -0.25) is 89.4 Å². The van der Waals surface area contributed by atoms with Gasteiger partial charge in [-0.25, -0.2) is 0 Å². The van der Waals surface area contributed by atoms with Crippen LogP contribution in [0.5, 0.6) is 0 Å². The third-order valence-electron chi connectivity index (χ3n) is 17.0. The van der Waals surface area contributed by atoms with E-state index in [2.05, 4.69) is 100 Å². The molecule has 36 heteroatoms. The van der Waals surface area contributed by atoms with Crippen LogP contribution in [0.25, 0.3) is 21.3 Å². The molecule has 128 heavy (non-hydrogen) atoms. The summed E-state index contributed by atoms with van der Waals surface area (Å²) in [5.74, 6) is -7.37. The molecular weight excluding hydrogens is 2660 g/mol. The minimum absolute atomic E-state index is 0. The molecule has 18 amide bonds. The van der Waals surface area contributed by atoms with E-state index in [0.717, 1.165) is 47.9 Å². The van der Waals surface area contributed by atoms with Crippen molar-refractivity contribution >= 4 is 106 Å². The fraction of sp³-hybridized carbons (Fsp3) is 0.413. The van der Waals surface area contributed by atoms with Gasteiger partial charge < -0.3 is 60.7 Å². The Balaban J connectivity index is -0.000000337. The van der Waals surface area contributed by atoms with Crippen molar-refractivity contribution in [3.63, 3.8) is 0 Å². The van der Waals surface area contributed by atoms with E-state index >= 15 is 0 Å². The van der Waals surface area contributed by atoms with Gasteiger partial charge in [-0.05, 0) is 99.2 Å². The number of hydrogen-bond donors (Lipinski definition) is 8. The van der Waals surface area contributed by atoms with Gasteiger partial charge in [0.05, 0.1) is 0 Å². The van der Waals surface area contributed by atoms with Crippen LogP contribution in [0.2, 0.25) is 0 Å². The van der Waals surface area contributed by atoms with Crippen LogP contribution < -0.4 is 42.5 Å². The van der Waals surface area contributed by atoms with E-state index in [4.69, 9.17) is 0 Å². The van der Waals surface area contributed by atoms with Crippen LogP contribution in [0, 0.1) is 36.4 Å². The largest absolute Gasteiger partial charge is 2.00 e. The number of carbonyl (C=O) groups is 18. The molecule has 0 bridgehead atoms. The second kappa shape index (κ2) is 74.8. The monoisotopic (exact) mass is 2780 g/mol. The quantitative estimate of drug-likeness (QED) is 0.0329. The van der Waals surface area contributed by atoms with Gasteiger partial charge >= 0.3 is 84.3 Å². The molecule has 6 atom stereocenters. The molecule has 6 aliphatic heterocycles. The summed E-state index contributed by atoms with van der Waals surface area (Å²) in [6.07, 6.45) is 6.34. The third-order valence-corrected chi connectivity index (χ3v) is 17.0. The Kier molecular flexibility index (Phi) is 75.9. The summed E-state index contributed by atoms with van der Waals surface area (Å²) < 4.78 is 0. The normalized spacial score (nSPS) is 16.7. The summed E-state index contributed by atoms with van der Waals surface area (Å²) in [6, 6.07) is 47.1. The van der Waals surface area contributed by atoms with Crippen molar-refractivity contribution in [2.45, 2.75) is 250 Å². The fourth-order valence-electron chi connectivity index (χ4n) is 10.7. The number of nitrogens with one attached hydrogen (secondary N) is 8. The Labute approximate surface area is 838 Å². The molecule has 6 fully saturated rings. The second-order valence-electron chi connectivity index (χ2n) is 24.9. The predicted molar refractivity (Wildman–Crippen MR) is 460 cm³/mol. The van der Waals surface area contributed by atoms with Crippen LogP contribution in [-0.2, 0) is 210 Å². The zero-order valence-corrected chi connectivity index (χ0v) is 92.5. The van der Waals surface area contributed by atoms with Crippen LogP contribution in [0.1, 0.15) is 272 Å². The van der Waals surface area contributed by atoms with E-state index in [1.54, 1.807) is 91.0 Å². The summed E-state index contributed by atoms with van der Waals surface area (Å²) in [5, 5.41) is 33.6. The Bertz CT molecular complexity index is 4290. The Morgan fingerprint density at radius 2 is 0.664 bits per heavy atom. The number of piperidine rings is 6. The molecule has 8 N–H and O–H groups in total. The van der Waals surface area contributed by atoms with Crippen LogP contribution in [0.4, 0.5) is 0 Å². The van der Waals surface area contributed by atoms with Crippen LogP contribution in [0.3, 0.4) is 0 Å². The van der Waals surface area contributed by atoms with E-state index in [1.807, 2.05) is 141 Å². The van der Waals surface area contributed by atoms with Crippen LogP contribution in [0.15, 0.2) is 121 Å². The summed E-state index contributed by atoms with van der Waals surface area (Å²) in [6.45, 7) is 31.9. The van der Waals surface area contributed by atoms with Crippen molar-refractivity contribution in [2.75, 3.05) is 0 Å². The van der Waals surface area contributed by atoms with Crippen molar-refractivity contribution in [3.8, 4) is 0 Å². The number of imide groups is 6. The van der Waals surface area contributed by atoms with Gasteiger partial charge in [0.25, 0.3) is 0 Å². The average Bonchev–Trinajstić information content (AvgIpc) is 0.845. The van der Waals surface area contributed by atoms with Crippen molar-refractivity contribution in [3.05, 3.63) is 235 Å². The maximum Gasteiger partial charge on any atom is 2.00 e. The van der Waals surface area contributed by atoms with Crippen molar-refractivity contribution in [1.82, 2.24) is 42.5 Å². The molecule has 0 aliphatic carbocycles. The smallest absolute Gasteiger partial charge is 0.684 e. The minimum atomic E-state index is -0.774. The van der Waals surface area contributed by atoms with E-state index in [-0.39, 0.29) is 238 Å². The van der Waals surface area contributed by atoms with E-state index in [9.17, 15) is 86.3 Å². The molecule has 30 nitrogen and oxygen atoms in total. The SMILES string of the molecule is CC.CC.CC.CC.CC.CC.CCc1[c-]c(C(=O)[N-]C2CCC(=O)NC2=O)ccc1.CCc1c[c-]c(C(=O)[N-]C2CCC(=O)NC2=O)cc1.CCc1cc[c-]c(C(=O)NC2CCC(=O)NC2=O)c1.CCc1ccc[c-]c1C(=O)NC1CCC(=O)NC1=O.O=C1CC[C@@H]([N-]C(=O)c2[c-]cccc2)C(=O)N1.O=C1CC[C@H]([N-]C(=O)c2[c-]cccc2)C(=O)N1.[W+2].[W+2].[W+2].[W+2].[W].[W]. The summed E-state index contributed by atoms with van der Waals surface area (Å²) in [5.41, 5.74) is 6.10. The Morgan fingerprint density at radius 3 is 0.992 bits per heavy atom. The summed E-state index contributed by atoms with van der Waals surface area (Å²) in [4.78, 5) is 206. The predicted octanol–water partition coefficient (Wildman–Crippen LogP) is 11.7. The molecule has 0 spiro atoms. The van der Waals surface area contributed by atoms with Gasteiger partial charge in [-0.1, -0.05) is 135 Å². The van der Waals surface area contributed by atoms with Crippen LogP contribution in [-0.4, -0.2) is 143 Å². The van der Waals surface area contributed by atoms with E-state index in [0.29, 0.717) is 46.2 Å². The molecule has 6 aliphatic rings. The summed E-state index contributed by atoms with van der Waals surface area (Å²) >= 11 is 0. The molecule has 6 saturated heterocycles. The number of amides is 18. The van der Waals surface area contributed by atoms with Gasteiger partial charge in [-0.2, -0.15) is 0 Å². The Hall–Kier alpha value is -8.89. The molecule has 4 unspecified atom stereocenters. The number of hydrogen-bond acceptors (Lipinski definition) is 18. The van der Waals surface area contributed by atoms with Gasteiger partial charge in [0.2, 0.25) is 70.9 Å². The van der Waals surface area contributed by atoms with Crippen molar-refractivity contribution in [1.29, 1.82) is 0 Å². The molecule has 688 valence electrons. The number of rotatable bonds is 16. The number of benzene rings is 6. The number of carbonyl (C=O) groups excluding carboxylic acids is 18. The minimum Gasteiger partial charge on any atom is -0.684 e. The molecule has 6 aromatic carbocycles. The Morgan fingerprint density at radius 1 is 0.328 bits per heavy atom. The van der Waals surface area contributed by atoms with Gasteiger partial charge in [0.1, 0.15) is 12.1 Å². The number of nitrogens with zero attached hydrogens (tertiary/aromatic N) is 4. The molecule has 0 radical (unpaired) electrons. The van der Waals surface area contributed by atoms with Gasteiger partial charge in [0, 0.05) is 80.7 Å². The molecule has 0 aromatic heterocycles. The first-order valence-corrected chi connectivity index (χ1v) is 41.3. The van der Waals surface area contributed by atoms with E-state index < -0.39 is 95.3 Å². The third kappa shape index (κ3) is 47.6. The summed E-state index contributed by atoms with van der Waals surface area (Å²) in [7, 11) is 0. The standard InChI is InChI=1S/4C14H15N2O3.2C12H11N2O3.6C2H6.6W/c1-2-9-3-5-10(6-4-9)13(18)15-11-7-8-12(17)16-14(11)19;2*1-2-9-4-3-5-10(8-9)13(18)15-11-6-7-12(17)16-14(11)19;1-2-9-5-3-4-6-10(9)13(18)15-11-7-8-12(17)16-14(11)19;2*15-10-7-6-9(12(17)14-10)13-11(16)8-4-2-1-3-5-8;6*1-2;;;;;;/h3-5,11H,2,7-8H2,1H3,(H2,15,16,17,18,19);3-4,8,11H,2,6-7H2,1H3,(H,15,18)(H,16,17,19);3-5,11H,2,6-7H2,1H3,(H2,15,16,17,18,19);3-5,11H,2,7-8H2,1H3,(H,15,18)(H,16,17,19);2*1-4,9H,6-7H2,(H2,13,14,15,16,17);6*1-2H3;;;;;;/q6*-1;;;;;;;;;4*+2/p-4/t;;;;2*9-;;;;;;;;;;;;/m....10............/s1. The number of aryl methyl sites for hydroxylation is 4.